The average Bonchev–Trinajstić information content (AvgIpc) is 2.71. The number of nitrogens with zero attached hydrogens (tertiary/aromatic N) is 2. The molecule has 0 saturated carbocycles. The second-order valence-corrected chi connectivity index (χ2v) is 6.03. The average molecular weight is 321 g/mol. The number of carbonyl (C=O) groups excluding carboxylic acids is 2. The maximum absolute atomic E-state index is 12.6. The van der Waals surface area contributed by atoms with Crippen LogP contribution in [0.25, 0.3) is 0 Å². The fraction of sp³-hybridized carbons (Fsp3) is 0.333. The molecular weight excluding hydrogens is 308 g/mol. The van der Waals surface area contributed by atoms with Gasteiger partial charge in [-0.3, -0.25) is 19.7 Å². The first kappa shape index (κ1) is 14.7. The molecule has 1 aliphatic heterocycles. The van der Waals surface area contributed by atoms with Gasteiger partial charge in [0.1, 0.15) is 0 Å². The summed E-state index contributed by atoms with van der Waals surface area (Å²) in [5.41, 5.74) is 0.863. The van der Waals surface area contributed by atoms with E-state index in [1.807, 2.05) is 0 Å². The van der Waals surface area contributed by atoms with Crippen molar-refractivity contribution in [2.45, 2.75) is 19.8 Å². The Morgan fingerprint density at radius 3 is 2.59 bits per heavy atom. The third kappa shape index (κ3) is 2.20. The van der Waals surface area contributed by atoms with Gasteiger partial charge in [-0.05, 0) is 31.4 Å². The molecule has 0 N–H and O–H groups in total. The molecule has 0 spiro atoms. The number of carbonyl (C=O) groups is 2. The van der Waals surface area contributed by atoms with Crippen LogP contribution in [0.1, 0.15) is 18.4 Å². The minimum Gasteiger partial charge on any atom is -0.274 e. The monoisotopic (exact) mass is 320 g/mol. The molecule has 1 heterocycles. The molecule has 114 valence electrons. The number of rotatable bonds is 2. The van der Waals surface area contributed by atoms with Gasteiger partial charge in [0.2, 0.25) is 11.8 Å². The smallest absolute Gasteiger partial charge is 0.269 e. The van der Waals surface area contributed by atoms with Gasteiger partial charge in [0, 0.05) is 17.2 Å². The predicted octanol–water partition coefficient (Wildman–Crippen LogP) is 2.93. The lowest BCUT2D eigenvalue weighted by Crippen LogP contribution is -2.31. The van der Waals surface area contributed by atoms with Crippen molar-refractivity contribution in [3.8, 4) is 0 Å². The zero-order valence-electron chi connectivity index (χ0n) is 11.8. The van der Waals surface area contributed by atoms with E-state index >= 15 is 0 Å². The highest BCUT2D eigenvalue weighted by Crippen LogP contribution is 2.41. The number of benzene rings is 1. The molecule has 22 heavy (non-hydrogen) atoms. The lowest BCUT2D eigenvalue weighted by Gasteiger charge is -2.17. The number of allylic oxidation sites excluding steroid dienone is 2. The predicted molar refractivity (Wildman–Crippen MR) is 80.5 cm³/mol. The summed E-state index contributed by atoms with van der Waals surface area (Å²) in [4.78, 5) is 36.5. The second kappa shape index (κ2) is 5.21. The number of imide groups is 1. The molecular formula is C15H13ClN2O4. The van der Waals surface area contributed by atoms with Crippen LogP contribution in [0.2, 0.25) is 0 Å². The number of amides is 2. The van der Waals surface area contributed by atoms with E-state index in [0.29, 0.717) is 29.1 Å². The molecule has 1 saturated heterocycles. The molecule has 0 aromatic heterocycles. The van der Waals surface area contributed by atoms with Crippen LogP contribution in [-0.4, -0.2) is 16.7 Å². The molecule has 1 aromatic carbocycles. The van der Waals surface area contributed by atoms with Gasteiger partial charge in [0.05, 0.1) is 22.4 Å². The molecule has 0 bridgehead atoms. The molecule has 0 radical (unpaired) electrons. The minimum absolute atomic E-state index is 0.0672. The number of aryl methyl sites for hydroxylation is 1. The topological polar surface area (TPSA) is 80.5 Å². The van der Waals surface area contributed by atoms with Gasteiger partial charge in [0.25, 0.3) is 5.69 Å². The van der Waals surface area contributed by atoms with Crippen LogP contribution < -0.4 is 4.90 Å². The summed E-state index contributed by atoms with van der Waals surface area (Å²) in [6, 6.07) is 4.12. The first-order valence-corrected chi connectivity index (χ1v) is 7.25. The van der Waals surface area contributed by atoms with Gasteiger partial charge in [-0.25, -0.2) is 4.90 Å². The van der Waals surface area contributed by atoms with Crippen LogP contribution in [0.15, 0.2) is 29.3 Å². The summed E-state index contributed by atoms with van der Waals surface area (Å²) in [7, 11) is 0. The van der Waals surface area contributed by atoms with Crippen LogP contribution in [-0.2, 0) is 9.59 Å². The highest BCUT2D eigenvalue weighted by Gasteiger charge is 2.49. The zero-order valence-corrected chi connectivity index (χ0v) is 12.5. The van der Waals surface area contributed by atoms with Crippen molar-refractivity contribution in [1.29, 1.82) is 0 Å². The fourth-order valence-corrected chi connectivity index (χ4v) is 3.32. The molecule has 0 unspecified atom stereocenters. The molecule has 2 amide bonds. The standard InChI is InChI=1S/C15H13ClN2O4/c1-8-6-10(18(21)22)3-5-13(8)17-14(19)11-4-2-9(16)7-12(11)15(17)20/h2-3,5-6,11-12H,4,7H2,1H3/t11-,12-/m1/s1. The molecule has 2 aliphatic rings. The Morgan fingerprint density at radius 1 is 1.27 bits per heavy atom. The summed E-state index contributed by atoms with van der Waals surface area (Å²) in [5, 5.41) is 11.4. The molecule has 1 aromatic rings. The highest BCUT2D eigenvalue weighted by atomic mass is 35.5. The van der Waals surface area contributed by atoms with Gasteiger partial charge in [-0.15, -0.1) is 0 Å². The largest absolute Gasteiger partial charge is 0.274 e. The number of nitro benzene ring substituents is 1. The highest BCUT2D eigenvalue weighted by molar-refractivity contribution is 6.30. The van der Waals surface area contributed by atoms with Gasteiger partial charge < -0.3 is 0 Å². The lowest BCUT2D eigenvalue weighted by atomic mass is 9.85. The van der Waals surface area contributed by atoms with Crippen LogP contribution >= 0.6 is 11.6 Å². The van der Waals surface area contributed by atoms with E-state index in [-0.39, 0.29) is 23.4 Å². The Hall–Kier alpha value is -2.21. The van der Waals surface area contributed by atoms with Gasteiger partial charge in [-0.1, -0.05) is 17.7 Å². The normalized spacial score (nSPS) is 24.3. The van der Waals surface area contributed by atoms with Crippen LogP contribution in [0, 0.1) is 28.9 Å². The number of anilines is 1. The first-order valence-electron chi connectivity index (χ1n) is 6.87. The maximum atomic E-state index is 12.6. The Bertz CT molecular complexity index is 728. The van der Waals surface area contributed by atoms with E-state index in [1.54, 1.807) is 13.0 Å². The second-order valence-electron chi connectivity index (χ2n) is 5.54. The van der Waals surface area contributed by atoms with E-state index in [0.717, 1.165) is 4.90 Å². The summed E-state index contributed by atoms with van der Waals surface area (Å²) >= 11 is 5.98. The Morgan fingerprint density at radius 2 is 1.95 bits per heavy atom. The SMILES string of the molecule is Cc1cc([N+](=O)[O-])ccc1N1C(=O)[C@@H]2CC=C(Cl)C[C@H]2C1=O. The van der Waals surface area contributed by atoms with Crippen molar-refractivity contribution in [1.82, 2.24) is 0 Å². The fourth-order valence-electron chi connectivity index (χ4n) is 3.07. The van der Waals surface area contributed by atoms with Gasteiger partial charge >= 0.3 is 0 Å². The third-order valence-corrected chi connectivity index (χ3v) is 4.51. The summed E-state index contributed by atoms with van der Waals surface area (Å²) in [6.45, 7) is 1.65. The lowest BCUT2D eigenvalue weighted by molar-refractivity contribution is -0.384. The summed E-state index contributed by atoms with van der Waals surface area (Å²) < 4.78 is 0. The molecule has 1 fully saturated rings. The molecule has 2 atom stereocenters. The number of fused-ring (bicyclic) bond motifs is 1. The zero-order chi connectivity index (χ0) is 16.0. The summed E-state index contributed by atoms with van der Waals surface area (Å²) in [5.74, 6) is -1.35. The van der Waals surface area contributed by atoms with Gasteiger partial charge in [-0.2, -0.15) is 0 Å². The van der Waals surface area contributed by atoms with Crippen LogP contribution in [0.3, 0.4) is 0 Å². The van der Waals surface area contributed by atoms with Crippen molar-refractivity contribution in [3.63, 3.8) is 0 Å². The molecule has 7 heteroatoms. The number of hydrogen-bond acceptors (Lipinski definition) is 4. The first-order chi connectivity index (χ1) is 10.4. The molecule has 6 nitrogen and oxygen atoms in total. The van der Waals surface area contributed by atoms with Crippen molar-refractivity contribution in [2.24, 2.45) is 11.8 Å². The molecule has 3 rings (SSSR count). The Labute approximate surface area is 131 Å². The molecule has 1 aliphatic carbocycles. The van der Waals surface area contributed by atoms with E-state index in [2.05, 4.69) is 0 Å². The van der Waals surface area contributed by atoms with Crippen molar-refractivity contribution in [2.75, 3.05) is 4.90 Å². The number of nitro groups is 1. The van der Waals surface area contributed by atoms with E-state index in [4.69, 9.17) is 11.6 Å². The van der Waals surface area contributed by atoms with E-state index < -0.39 is 10.8 Å². The maximum Gasteiger partial charge on any atom is 0.269 e. The van der Waals surface area contributed by atoms with E-state index in [1.165, 1.54) is 18.2 Å². The number of hydrogen-bond donors (Lipinski definition) is 0. The van der Waals surface area contributed by atoms with Crippen LogP contribution in [0.4, 0.5) is 11.4 Å². The van der Waals surface area contributed by atoms with Crippen molar-refractivity contribution < 1.29 is 14.5 Å². The van der Waals surface area contributed by atoms with Crippen molar-refractivity contribution >= 4 is 34.8 Å². The third-order valence-electron chi connectivity index (χ3n) is 4.20. The van der Waals surface area contributed by atoms with E-state index in [9.17, 15) is 19.7 Å². The number of halogens is 1. The van der Waals surface area contributed by atoms with Gasteiger partial charge in [0.15, 0.2) is 0 Å². The van der Waals surface area contributed by atoms with Crippen LogP contribution in [0.5, 0.6) is 0 Å². The number of non-ortho nitro benzene ring substituents is 1. The summed E-state index contributed by atoms with van der Waals surface area (Å²) in [6.07, 6.45) is 2.61. The minimum atomic E-state index is -0.506. The quantitative estimate of drug-likeness (QED) is 0.476. The Kier molecular flexibility index (Phi) is 3.48. The van der Waals surface area contributed by atoms with Crippen molar-refractivity contribution in [3.05, 3.63) is 45.0 Å². The Balaban J connectivity index is 1.98.